The first kappa shape index (κ1) is 14.3. The highest BCUT2D eigenvalue weighted by molar-refractivity contribution is 9.10. The van der Waals surface area contributed by atoms with Gasteiger partial charge in [-0.25, -0.2) is 14.1 Å². The van der Waals surface area contributed by atoms with E-state index < -0.39 is 0 Å². The summed E-state index contributed by atoms with van der Waals surface area (Å²) in [6.07, 6.45) is 0. The second-order valence-electron chi connectivity index (χ2n) is 3.32. The van der Waals surface area contributed by atoms with Crippen LogP contribution in [-0.2, 0) is 11.3 Å². The third-order valence-electron chi connectivity index (χ3n) is 1.98. The van der Waals surface area contributed by atoms with Crippen LogP contribution in [0.15, 0.2) is 29.0 Å². The first-order valence-corrected chi connectivity index (χ1v) is 5.75. The number of carbonyl (C=O) groups is 1. The van der Waals surface area contributed by atoms with Crippen molar-refractivity contribution in [2.45, 2.75) is 13.5 Å². The Kier molecular flexibility index (Phi) is 5.44. The number of aryl methyl sites for hydroxylation is 1. The van der Waals surface area contributed by atoms with Crippen LogP contribution in [0.3, 0.4) is 0 Å². The minimum atomic E-state index is -0.250. The van der Waals surface area contributed by atoms with Crippen molar-refractivity contribution >= 4 is 22.4 Å². The van der Waals surface area contributed by atoms with Crippen molar-refractivity contribution in [1.82, 2.24) is 14.8 Å². The van der Waals surface area contributed by atoms with Gasteiger partial charge in [0.2, 0.25) is 0 Å². The minimum absolute atomic E-state index is 0.229. The Bertz CT molecular complexity index is 514. The fraction of sp³-hybridized carbons (Fsp3) is 0.182. The zero-order chi connectivity index (χ0) is 13.5. The molecule has 2 rings (SSSR count). The van der Waals surface area contributed by atoms with Crippen LogP contribution < -0.4 is 0 Å². The lowest BCUT2D eigenvalue weighted by Gasteiger charge is -2.01. The molecule has 0 atom stereocenters. The molecule has 0 aliphatic heterocycles. The van der Waals surface area contributed by atoms with E-state index in [0.29, 0.717) is 17.1 Å². The van der Waals surface area contributed by atoms with E-state index in [1.807, 2.05) is 6.92 Å². The van der Waals surface area contributed by atoms with Gasteiger partial charge in [0.25, 0.3) is 6.47 Å². The third-order valence-corrected chi connectivity index (χ3v) is 2.56. The van der Waals surface area contributed by atoms with Gasteiger partial charge in [-0.05, 0) is 40.5 Å². The summed E-state index contributed by atoms with van der Waals surface area (Å²) in [6.45, 7) is 2.16. The SMILES string of the molecule is Cc1nc(Br)n(Cc2ccc(F)cc2)n1.O=CO. The van der Waals surface area contributed by atoms with Gasteiger partial charge in [-0.15, -0.1) is 0 Å². The van der Waals surface area contributed by atoms with Gasteiger partial charge >= 0.3 is 0 Å². The summed E-state index contributed by atoms with van der Waals surface area (Å²) in [5, 5.41) is 11.1. The zero-order valence-electron chi connectivity index (χ0n) is 9.55. The van der Waals surface area contributed by atoms with E-state index in [1.54, 1.807) is 16.8 Å². The second-order valence-corrected chi connectivity index (χ2v) is 4.03. The van der Waals surface area contributed by atoms with Crippen molar-refractivity contribution < 1.29 is 14.3 Å². The number of aromatic nitrogens is 3. The third kappa shape index (κ3) is 4.25. The molecule has 1 aromatic carbocycles. The number of hydrogen-bond donors (Lipinski definition) is 1. The van der Waals surface area contributed by atoms with Gasteiger partial charge in [0.05, 0.1) is 6.54 Å². The Labute approximate surface area is 111 Å². The van der Waals surface area contributed by atoms with Gasteiger partial charge in [0.1, 0.15) is 11.6 Å². The molecule has 1 N–H and O–H groups in total. The van der Waals surface area contributed by atoms with Crippen molar-refractivity contribution in [3.05, 3.63) is 46.2 Å². The summed E-state index contributed by atoms with van der Waals surface area (Å²) in [5.74, 6) is 0.483. The molecule has 0 bridgehead atoms. The van der Waals surface area contributed by atoms with Crippen LogP contribution in [0.25, 0.3) is 0 Å². The number of hydrogen-bond acceptors (Lipinski definition) is 3. The molecular formula is C11H11BrFN3O2. The van der Waals surface area contributed by atoms with E-state index >= 15 is 0 Å². The van der Waals surface area contributed by atoms with Gasteiger partial charge in [-0.1, -0.05) is 12.1 Å². The molecule has 5 nitrogen and oxygen atoms in total. The molecule has 0 unspecified atom stereocenters. The van der Waals surface area contributed by atoms with E-state index in [0.717, 1.165) is 5.56 Å². The van der Waals surface area contributed by atoms with Gasteiger partial charge in [0, 0.05) is 0 Å². The van der Waals surface area contributed by atoms with Gasteiger partial charge in [-0.3, -0.25) is 4.79 Å². The van der Waals surface area contributed by atoms with Gasteiger partial charge < -0.3 is 5.11 Å². The maximum absolute atomic E-state index is 12.7. The molecule has 0 saturated carbocycles. The Hall–Kier alpha value is -1.76. The van der Waals surface area contributed by atoms with Crippen LogP contribution in [0.4, 0.5) is 4.39 Å². The minimum Gasteiger partial charge on any atom is -0.483 e. The molecule has 7 heteroatoms. The maximum atomic E-state index is 12.7. The van der Waals surface area contributed by atoms with Crippen molar-refractivity contribution in [2.75, 3.05) is 0 Å². The molecule has 0 saturated heterocycles. The van der Waals surface area contributed by atoms with Crippen molar-refractivity contribution in [2.24, 2.45) is 0 Å². The normalized spacial score (nSPS) is 9.50. The van der Waals surface area contributed by atoms with Crippen molar-refractivity contribution in [3.63, 3.8) is 0 Å². The van der Waals surface area contributed by atoms with Crippen LogP contribution in [-0.4, -0.2) is 26.3 Å². The highest BCUT2D eigenvalue weighted by Crippen LogP contribution is 2.10. The lowest BCUT2D eigenvalue weighted by Crippen LogP contribution is -2.02. The first-order chi connectivity index (χ1) is 8.56. The topological polar surface area (TPSA) is 68.0 Å². The zero-order valence-corrected chi connectivity index (χ0v) is 11.1. The van der Waals surface area contributed by atoms with E-state index in [9.17, 15) is 4.39 Å². The molecule has 1 aromatic heterocycles. The predicted octanol–water partition coefficient (Wildman–Crippen LogP) is 2.24. The van der Waals surface area contributed by atoms with Crippen LogP contribution >= 0.6 is 15.9 Å². The summed E-state index contributed by atoms with van der Waals surface area (Å²) in [7, 11) is 0. The van der Waals surface area contributed by atoms with Gasteiger partial charge in [-0.2, -0.15) is 5.10 Å². The molecule has 0 spiro atoms. The molecule has 96 valence electrons. The second kappa shape index (κ2) is 6.85. The molecule has 0 fully saturated rings. The van der Waals surface area contributed by atoms with Crippen LogP contribution in [0.1, 0.15) is 11.4 Å². The largest absolute Gasteiger partial charge is 0.483 e. The smallest absolute Gasteiger partial charge is 0.290 e. The highest BCUT2D eigenvalue weighted by Gasteiger charge is 2.04. The van der Waals surface area contributed by atoms with Crippen LogP contribution in [0, 0.1) is 12.7 Å². The number of nitrogens with zero attached hydrogens (tertiary/aromatic N) is 3. The van der Waals surface area contributed by atoms with E-state index in [4.69, 9.17) is 9.90 Å². The predicted molar refractivity (Wildman–Crippen MR) is 66.7 cm³/mol. The fourth-order valence-corrected chi connectivity index (χ4v) is 1.75. The van der Waals surface area contributed by atoms with E-state index in [2.05, 4.69) is 26.0 Å². The highest BCUT2D eigenvalue weighted by atomic mass is 79.9. The number of carboxylic acid groups (broad SMARTS) is 1. The molecular weight excluding hydrogens is 305 g/mol. The molecule has 2 aromatic rings. The summed E-state index contributed by atoms with van der Waals surface area (Å²) in [5.41, 5.74) is 0.988. The molecule has 0 aliphatic carbocycles. The Morgan fingerprint density at radius 3 is 2.44 bits per heavy atom. The number of rotatable bonds is 2. The molecule has 1 heterocycles. The Balaban J connectivity index is 0.000000492. The molecule has 0 radical (unpaired) electrons. The molecule has 0 aliphatic rings. The number of halogens is 2. The monoisotopic (exact) mass is 315 g/mol. The standard InChI is InChI=1S/C10H9BrFN3.CH2O2/c1-7-13-10(11)15(14-7)6-8-2-4-9(12)5-3-8;2-1-3/h2-5H,6H2,1H3;1H,(H,2,3). The van der Waals surface area contributed by atoms with E-state index in [1.165, 1.54) is 12.1 Å². The lowest BCUT2D eigenvalue weighted by molar-refractivity contribution is -0.122. The number of benzene rings is 1. The Morgan fingerprint density at radius 2 is 2.00 bits per heavy atom. The Morgan fingerprint density at radius 1 is 1.44 bits per heavy atom. The molecule has 0 amide bonds. The van der Waals surface area contributed by atoms with Gasteiger partial charge in [0.15, 0.2) is 4.73 Å². The van der Waals surface area contributed by atoms with Crippen LogP contribution in [0.2, 0.25) is 0 Å². The first-order valence-electron chi connectivity index (χ1n) is 4.96. The summed E-state index contributed by atoms with van der Waals surface area (Å²) in [6, 6.07) is 6.34. The van der Waals surface area contributed by atoms with E-state index in [-0.39, 0.29) is 12.3 Å². The average Bonchev–Trinajstić information content (AvgIpc) is 2.62. The summed E-state index contributed by atoms with van der Waals surface area (Å²) in [4.78, 5) is 12.5. The summed E-state index contributed by atoms with van der Waals surface area (Å²) < 4.78 is 15.1. The quantitative estimate of drug-likeness (QED) is 0.863. The molecule has 18 heavy (non-hydrogen) atoms. The van der Waals surface area contributed by atoms with Crippen molar-refractivity contribution in [1.29, 1.82) is 0 Å². The average molecular weight is 316 g/mol. The fourth-order valence-electron chi connectivity index (χ4n) is 1.29. The lowest BCUT2D eigenvalue weighted by atomic mass is 10.2. The van der Waals surface area contributed by atoms with Crippen LogP contribution in [0.5, 0.6) is 0 Å². The maximum Gasteiger partial charge on any atom is 0.290 e. The van der Waals surface area contributed by atoms with Crippen molar-refractivity contribution in [3.8, 4) is 0 Å². The summed E-state index contributed by atoms with van der Waals surface area (Å²) >= 11 is 3.30.